The van der Waals surface area contributed by atoms with Gasteiger partial charge in [0, 0.05) is 15.6 Å². The zero-order valence-corrected chi connectivity index (χ0v) is 11.4. The van der Waals surface area contributed by atoms with Gasteiger partial charge in [-0.15, -0.1) is 0 Å². The van der Waals surface area contributed by atoms with Gasteiger partial charge in [-0.2, -0.15) is 0 Å². The van der Waals surface area contributed by atoms with Gasteiger partial charge in [0.15, 0.2) is 23.2 Å². The molecule has 0 aromatic heterocycles. The normalized spacial score (nSPS) is 10.6. The fraction of sp³-hybridized carbons (Fsp3) is 0.0714. The van der Waals surface area contributed by atoms with E-state index in [0.29, 0.717) is 23.3 Å². The lowest BCUT2D eigenvalue weighted by Crippen LogP contribution is -2.06. The molecule has 0 amide bonds. The molecule has 0 heterocycles. The lowest BCUT2D eigenvalue weighted by Gasteiger charge is -2.06. The number of hydrogen-bond acceptors (Lipinski definition) is 1. The molecule has 0 saturated carbocycles. The van der Waals surface area contributed by atoms with Gasteiger partial charge in [0.1, 0.15) is 0 Å². The van der Waals surface area contributed by atoms with Gasteiger partial charge in [-0.25, -0.2) is 13.2 Å². The molecule has 0 aliphatic heterocycles. The fourth-order valence-corrected chi connectivity index (χ4v) is 2.20. The van der Waals surface area contributed by atoms with Crippen LogP contribution in [0.15, 0.2) is 34.8 Å². The third kappa shape index (κ3) is 2.71. The summed E-state index contributed by atoms with van der Waals surface area (Å²) in [7, 11) is 0. The van der Waals surface area contributed by atoms with Crippen LogP contribution in [0.1, 0.15) is 21.5 Å². The second-order valence-electron chi connectivity index (χ2n) is 4.04. The first-order valence-electron chi connectivity index (χ1n) is 5.35. The van der Waals surface area contributed by atoms with Gasteiger partial charge in [0.25, 0.3) is 0 Å². The maximum atomic E-state index is 13.1. The molecule has 0 aliphatic carbocycles. The highest BCUT2D eigenvalue weighted by molar-refractivity contribution is 9.10. The van der Waals surface area contributed by atoms with Gasteiger partial charge in [-0.3, -0.25) is 4.79 Å². The number of rotatable bonds is 2. The average molecular weight is 329 g/mol. The molecular formula is C14H8BrF3O. The molecule has 0 spiro atoms. The maximum Gasteiger partial charge on any atom is 0.194 e. The first-order chi connectivity index (χ1) is 8.90. The summed E-state index contributed by atoms with van der Waals surface area (Å²) in [5.41, 5.74) is 0.750. The lowest BCUT2D eigenvalue weighted by atomic mass is 9.99. The van der Waals surface area contributed by atoms with E-state index < -0.39 is 23.2 Å². The molecule has 5 heteroatoms. The van der Waals surface area contributed by atoms with Gasteiger partial charge < -0.3 is 0 Å². The SMILES string of the molecule is Cc1cc(Br)ccc1C(=O)c1cc(F)c(F)c(F)c1. The molecule has 1 nitrogen and oxygen atoms in total. The first-order valence-corrected chi connectivity index (χ1v) is 6.15. The predicted octanol–water partition coefficient (Wildman–Crippen LogP) is 4.41. The molecule has 2 aromatic carbocycles. The number of carbonyl (C=O) groups is 1. The second-order valence-corrected chi connectivity index (χ2v) is 4.96. The zero-order chi connectivity index (χ0) is 14.2. The third-order valence-corrected chi connectivity index (χ3v) is 3.17. The van der Waals surface area contributed by atoms with Crippen molar-refractivity contribution in [2.75, 3.05) is 0 Å². The van der Waals surface area contributed by atoms with E-state index in [-0.39, 0.29) is 5.56 Å². The van der Waals surface area contributed by atoms with Crippen molar-refractivity contribution in [3.8, 4) is 0 Å². The van der Waals surface area contributed by atoms with E-state index in [0.717, 1.165) is 4.47 Å². The van der Waals surface area contributed by atoms with Crippen LogP contribution < -0.4 is 0 Å². The zero-order valence-electron chi connectivity index (χ0n) is 9.81. The van der Waals surface area contributed by atoms with Crippen molar-refractivity contribution in [3.63, 3.8) is 0 Å². The third-order valence-electron chi connectivity index (χ3n) is 2.68. The van der Waals surface area contributed by atoms with Crippen LogP contribution in [0.4, 0.5) is 13.2 Å². The largest absolute Gasteiger partial charge is 0.289 e. The molecule has 0 saturated heterocycles. The van der Waals surface area contributed by atoms with Gasteiger partial charge >= 0.3 is 0 Å². The van der Waals surface area contributed by atoms with Gasteiger partial charge in [0.2, 0.25) is 0 Å². The molecule has 0 fully saturated rings. The van der Waals surface area contributed by atoms with E-state index in [9.17, 15) is 18.0 Å². The van der Waals surface area contributed by atoms with Crippen LogP contribution in [0.5, 0.6) is 0 Å². The molecule has 98 valence electrons. The molecular weight excluding hydrogens is 321 g/mol. The van der Waals surface area contributed by atoms with E-state index in [1.54, 1.807) is 25.1 Å². The number of hydrogen-bond donors (Lipinski definition) is 0. The Bertz CT molecular complexity index is 645. The van der Waals surface area contributed by atoms with Crippen LogP contribution in [0.2, 0.25) is 0 Å². The molecule has 0 N–H and O–H groups in total. The molecule has 0 atom stereocenters. The van der Waals surface area contributed by atoms with E-state index >= 15 is 0 Å². The Kier molecular flexibility index (Phi) is 3.75. The van der Waals surface area contributed by atoms with Crippen LogP contribution in [-0.4, -0.2) is 5.78 Å². The Balaban J connectivity index is 2.50. The van der Waals surface area contributed by atoms with E-state index in [4.69, 9.17) is 0 Å². The fourth-order valence-electron chi connectivity index (χ4n) is 1.72. The number of ketones is 1. The van der Waals surface area contributed by atoms with Gasteiger partial charge in [-0.1, -0.05) is 15.9 Å². The van der Waals surface area contributed by atoms with Gasteiger partial charge in [0.05, 0.1) is 0 Å². The van der Waals surface area contributed by atoms with Crippen molar-refractivity contribution in [1.29, 1.82) is 0 Å². The monoisotopic (exact) mass is 328 g/mol. The highest BCUT2D eigenvalue weighted by Crippen LogP contribution is 2.21. The molecule has 2 rings (SSSR count). The lowest BCUT2D eigenvalue weighted by molar-refractivity contribution is 0.103. The Morgan fingerprint density at radius 1 is 1.05 bits per heavy atom. The number of aryl methyl sites for hydroxylation is 1. The molecule has 0 unspecified atom stereocenters. The summed E-state index contributed by atoms with van der Waals surface area (Å²) in [6.07, 6.45) is 0. The Morgan fingerprint density at radius 2 is 1.63 bits per heavy atom. The van der Waals surface area contributed by atoms with E-state index in [1.165, 1.54) is 0 Å². The second kappa shape index (κ2) is 5.17. The predicted molar refractivity (Wildman–Crippen MR) is 68.6 cm³/mol. The number of carbonyl (C=O) groups excluding carboxylic acids is 1. The summed E-state index contributed by atoms with van der Waals surface area (Å²) in [6.45, 7) is 1.70. The minimum atomic E-state index is -1.58. The summed E-state index contributed by atoms with van der Waals surface area (Å²) < 4.78 is 39.8. The molecule has 0 aliphatic rings. The smallest absolute Gasteiger partial charge is 0.194 e. The summed E-state index contributed by atoms with van der Waals surface area (Å²) in [6, 6.07) is 6.30. The van der Waals surface area contributed by atoms with Gasteiger partial charge in [-0.05, 0) is 42.8 Å². The summed E-state index contributed by atoms with van der Waals surface area (Å²) in [5, 5.41) is 0. The summed E-state index contributed by atoms with van der Waals surface area (Å²) in [4.78, 5) is 12.1. The standard InChI is InChI=1S/C14H8BrF3O/c1-7-4-9(15)2-3-10(7)14(19)8-5-11(16)13(18)12(17)6-8/h2-6H,1H3. The summed E-state index contributed by atoms with van der Waals surface area (Å²) in [5.74, 6) is -4.89. The Labute approximate surface area is 116 Å². The van der Waals surface area contributed by atoms with Crippen LogP contribution in [-0.2, 0) is 0 Å². The Morgan fingerprint density at radius 3 is 2.16 bits per heavy atom. The maximum absolute atomic E-state index is 13.1. The highest BCUT2D eigenvalue weighted by atomic mass is 79.9. The summed E-state index contributed by atoms with van der Waals surface area (Å²) >= 11 is 3.25. The van der Waals surface area contributed by atoms with Crippen LogP contribution >= 0.6 is 15.9 Å². The van der Waals surface area contributed by atoms with Crippen LogP contribution in [0.3, 0.4) is 0 Å². The van der Waals surface area contributed by atoms with Crippen molar-refractivity contribution in [1.82, 2.24) is 0 Å². The average Bonchev–Trinajstić information content (AvgIpc) is 2.34. The van der Waals surface area contributed by atoms with Crippen molar-refractivity contribution >= 4 is 21.7 Å². The minimum Gasteiger partial charge on any atom is -0.289 e. The van der Waals surface area contributed by atoms with Crippen LogP contribution in [0.25, 0.3) is 0 Å². The molecule has 19 heavy (non-hydrogen) atoms. The minimum absolute atomic E-state index is 0.221. The van der Waals surface area contributed by atoms with Crippen molar-refractivity contribution in [2.24, 2.45) is 0 Å². The van der Waals surface area contributed by atoms with Crippen molar-refractivity contribution < 1.29 is 18.0 Å². The number of halogens is 4. The Hall–Kier alpha value is -1.62. The van der Waals surface area contributed by atoms with E-state index in [1.807, 2.05) is 0 Å². The topological polar surface area (TPSA) is 17.1 Å². The highest BCUT2D eigenvalue weighted by Gasteiger charge is 2.17. The van der Waals surface area contributed by atoms with Crippen molar-refractivity contribution in [3.05, 3.63) is 68.9 Å². The molecule has 0 bridgehead atoms. The van der Waals surface area contributed by atoms with E-state index in [2.05, 4.69) is 15.9 Å². The number of benzene rings is 2. The first kappa shape index (κ1) is 13.8. The molecule has 2 aromatic rings. The quantitative estimate of drug-likeness (QED) is 0.589. The van der Waals surface area contributed by atoms with Crippen LogP contribution in [0, 0.1) is 24.4 Å². The molecule has 0 radical (unpaired) electrons. The van der Waals surface area contributed by atoms with Crippen molar-refractivity contribution in [2.45, 2.75) is 6.92 Å².